The predicted octanol–water partition coefficient (Wildman–Crippen LogP) is 0.189. The quantitative estimate of drug-likeness (QED) is 0.812. The highest BCUT2D eigenvalue weighted by Gasteiger charge is 2.42. The summed E-state index contributed by atoms with van der Waals surface area (Å²) in [5.41, 5.74) is 1.20. The number of aliphatic hydroxyl groups excluding tert-OH is 1. The molecule has 7 nitrogen and oxygen atoms in total. The third kappa shape index (κ3) is 2.14. The van der Waals surface area contributed by atoms with Crippen LogP contribution in [0.4, 0.5) is 0 Å². The number of aromatic nitrogens is 4. The molecule has 1 saturated carbocycles. The van der Waals surface area contributed by atoms with Crippen molar-refractivity contribution in [1.29, 1.82) is 0 Å². The molecule has 0 unspecified atom stereocenters. The second-order valence-corrected chi connectivity index (χ2v) is 5.28. The van der Waals surface area contributed by atoms with Gasteiger partial charge in [-0.1, -0.05) is 6.92 Å². The van der Waals surface area contributed by atoms with E-state index in [4.69, 9.17) is 0 Å². The summed E-state index contributed by atoms with van der Waals surface area (Å²) in [4.78, 5) is 20.4. The molecule has 20 heavy (non-hydrogen) atoms. The molecule has 1 fully saturated rings. The van der Waals surface area contributed by atoms with Crippen molar-refractivity contribution in [2.75, 3.05) is 13.2 Å². The standard InChI is InChI=1S/C13H17N5O2/c1-2-10-9(5-14-12-16-8-17-18(10)12)11(20)15-6-13(7-19)3-4-13/h5,8,19H,2-4,6-7H2,1H3,(H,15,20). The maximum absolute atomic E-state index is 12.3. The molecule has 7 heteroatoms. The number of nitrogens with one attached hydrogen (secondary N) is 1. The Hall–Kier alpha value is -2.02. The molecule has 2 N–H and O–H groups in total. The summed E-state index contributed by atoms with van der Waals surface area (Å²) in [7, 11) is 0. The van der Waals surface area contributed by atoms with Gasteiger partial charge in [-0.2, -0.15) is 10.1 Å². The number of amides is 1. The summed E-state index contributed by atoms with van der Waals surface area (Å²) in [6, 6.07) is 0. The number of nitrogens with zero attached hydrogens (tertiary/aromatic N) is 4. The Labute approximate surface area is 116 Å². The smallest absolute Gasteiger partial charge is 0.254 e. The lowest BCUT2D eigenvalue weighted by atomic mass is 10.1. The van der Waals surface area contributed by atoms with Gasteiger partial charge in [0.2, 0.25) is 0 Å². The second-order valence-electron chi connectivity index (χ2n) is 5.28. The minimum Gasteiger partial charge on any atom is -0.396 e. The molecule has 0 spiro atoms. The van der Waals surface area contributed by atoms with Gasteiger partial charge >= 0.3 is 0 Å². The highest BCUT2D eigenvalue weighted by atomic mass is 16.3. The highest BCUT2D eigenvalue weighted by molar-refractivity contribution is 5.95. The van der Waals surface area contributed by atoms with Crippen LogP contribution in [0, 0.1) is 5.41 Å². The van der Waals surface area contributed by atoms with E-state index in [1.54, 1.807) is 4.52 Å². The van der Waals surface area contributed by atoms with Gasteiger partial charge in [0.05, 0.1) is 17.9 Å². The van der Waals surface area contributed by atoms with E-state index in [0.717, 1.165) is 18.5 Å². The van der Waals surface area contributed by atoms with Crippen molar-refractivity contribution in [1.82, 2.24) is 24.9 Å². The van der Waals surface area contributed by atoms with Crippen LogP contribution in [0.15, 0.2) is 12.5 Å². The molecule has 106 valence electrons. The van der Waals surface area contributed by atoms with Gasteiger partial charge in [-0.25, -0.2) is 9.50 Å². The van der Waals surface area contributed by atoms with Crippen LogP contribution in [0.2, 0.25) is 0 Å². The molecule has 2 aromatic heterocycles. The summed E-state index contributed by atoms with van der Waals surface area (Å²) in [5.74, 6) is 0.318. The molecule has 2 aromatic rings. The molecule has 0 bridgehead atoms. The average molecular weight is 275 g/mol. The van der Waals surface area contributed by atoms with Crippen LogP contribution in [-0.2, 0) is 6.42 Å². The van der Waals surface area contributed by atoms with E-state index >= 15 is 0 Å². The lowest BCUT2D eigenvalue weighted by Crippen LogP contribution is -2.33. The van der Waals surface area contributed by atoms with Gasteiger partial charge in [-0.3, -0.25) is 4.79 Å². The van der Waals surface area contributed by atoms with Crippen LogP contribution in [0.1, 0.15) is 35.8 Å². The van der Waals surface area contributed by atoms with Crippen LogP contribution in [0.3, 0.4) is 0 Å². The van der Waals surface area contributed by atoms with Gasteiger partial charge < -0.3 is 10.4 Å². The Balaban J connectivity index is 1.83. The first-order chi connectivity index (χ1) is 9.69. The average Bonchev–Trinajstić information content (AvgIpc) is 3.11. The molecule has 0 atom stereocenters. The largest absolute Gasteiger partial charge is 0.396 e. The number of hydrogen-bond acceptors (Lipinski definition) is 5. The number of hydrogen-bond donors (Lipinski definition) is 2. The lowest BCUT2D eigenvalue weighted by molar-refractivity contribution is 0.0933. The zero-order chi connectivity index (χ0) is 14.2. The van der Waals surface area contributed by atoms with Crippen LogP contribution >= 0.6 is 0 Å². The zero-order valence-electron chi connectivity index (χ0n) is 11.3. The van der Waals surface area contributed by atoms with Gasteiger partial charge in [0, 0.05) is 18.2 Å². The fourth-order valence-corrected chi connectivity index (χ4v) is 2.29. The van der Waals surface area contributed by atoms with E-state index in [9.17, 15) is 9.90 Å². The molecule has 0 radical (unpaired) electrons. The summed E-state index contributed by atoms with van der Waals surface area (Å²) in [6.45, 7) is 2.58. The van der Waals surface area contributed by atoms with E-state index in [0.29, 0.717) is 24.3 Å². The Bertz CT molecular complexity index is 647. The first-order valence-corrected chi connectivity index (χ1v) is 6.76. The molecule has 1 amide bonds. The van der Waals surface area contributed by atoms with Crippen molar-refractivity contribution >= 4 is 11.7 Å². The van der Waals surface area contributed by atoms with Gasteiger partial charge in [0.15, 0.2) is 0 Å². The molecule has 1 aliphatic rings. The molecule has 1 aliphatic carbocycles. The molecular weight excluding hydrogens is 258 g/mol. The van der Waals surface area contributed by atoms with Crippen molar-refractivity contribution in [3.8, 4) is 0 Å². The zero-order valence-corrected chi connectivity index (χ0v) is 11.3. The molecule has 2 heterocycles. The second kappa shape index (κ2) is 4.82. The van der Waals surface area contributed by atoms with E-state index < -0.39 is 0 Å². The van der Waals surface area contributed by atoms with Crippen LogP contribution in [0.25, 0.3) is 5.78 Å². The minimum atomic E-state index is -0.175. The summed E-state index contributed by atoms with van der Waals surface area (Å²) < 4.78 is 1.59. The maximum Gasteiger partial charge on any atom is 0.254 e. The summed E-state index contributed by atoms with van der Waals surface area (Å²) >= 11 is 0. The van der Waals surface area contributed by atoms with E-state index in [2.05, 4.69) is 20.4 Å². The van der Waals surface area contributed by atoms with Gasteiger partial charge in [0.1, 0.15) is 6.33 Å². The number of fused-ring (bicyclic) bond motifs is 1. The minimum absolute atomic E-state index is 0.104. The Kier molecular flexibility index (Phi) is 3.13. The van der Waals surface area contributed by atoms with Gasteiger partial charge in [-0.15, -0.1) is 0 Å². The molecular formula is C13H17N5O2. The van der Waals surface area contributed by atoms with Crippen molar-refractivity contribution in [3.63, 3.8) is 0 Å². The normalized spacial score (nSPS) is 16.3. The first kappa shape index (κ1) is 13.0. The van der Waals surface area contributed by atoms with Crippen LogP contribution in [-0.4, -0.2) is 43.7 Å². The van der Waals surface area contributed by atoms with Crippen molar-refractivity contribution in [3.05, 3.63) is 23.8 Å². The number of carbonyl (C=O) groups is 1. The van der Waals surface area contributed by atoms with Crippen molar-refractivity contribution in [2.24, 2.45) is 5.41 Å². The Morgan fingerprint density at radius 1 is 1.50 bits per heavy atom. The fraction of sp³-hybridized carbons (Fsp3) is 0.538. The Morgan fingerprint density at radius 2 is 2.30 bits per heavy atom. The van der Waals surface area contributed by atoms with Crippen LogP contribution in [0.5, 0.6) is 0 Å². The number of carbonyl (C=O) groups excluding carboxylic acids is 1. The monoisotopic (exact) mass is 275 g/mol. The summed E-state index contributed by atoms with van der Waals surface area (Å²) in [6.07, 6.45) is 5.55. The first-order valence-electron chi connectivity index (χ1n) is 6.76. The van der Waals surface area contributed by atoms with Gasteiger partial charge in [-0.05, 0) is 19.3 Å². The maximum atomic E-state index is 12.3. The van der Waals surface area contributed by atoms with Crippen molar-refractivity contribution < 1.29 is 9.90 Å². The number of aryl methyl sites for hydroxylation is 1. The van der Waals surface area contributed by atoms with E-state index in [-0.39, 0.29) is 17.9 Å². The number of aliphatic hydroxyl groups is 1. The SMILES string of the molecule is CCc1c(C(=O)NCC2(CO)CC2)cnc2ncnn12. The third-order valence-corrected chi connectivity index (χ3v) is 3.90. The Morgan fingerprint density at radius 3 is 2.95 bits per heavy atom. The van der Waals surface area contributed by atoms with Crippen molar-refractivity contribution in [2.45, 2.75) is 26.2 Å². The molecule has 3 rings (SSSR count). The predicted molar refractivity (Wildman–Crippen MR) is 71.2 cm³/mol. The molecule has 0 saturated heterocycles. The highest BCUT2D eigenvalue weighted by Crippen LogP contribution is 2.44. The molecule has 0 aliphatic heterocycles. The topological polar surface area (TPSA) is 92.4 Å². The third-order valence-electron chi connectivity index (χ3n) is 3.90. The van der Waals surface area contributed by atoms with E-state index in [1.807, 2.05) is 6.92 Å². The lowest BCUT2D eigenvalue weighted by Gasteiger charge is -2.14. The number of rotatable bonds is 5. The van der Waals surface area contributed by atoms with Gasteiger partial charge in [0.25, 0.3) is 11.7 Å². The fourth-order valence-electron chi connectivity index (χ4n) is 2.29. The van der Waals surface area contributed by atoms with E-state index in [1.165, 1.54) is 12.5 Å². The van der Waals surface area contributed by atoms with Crippen LogP contribution < -0.4 is 5.32 Å². The molecule has 0 aromatic carbocycles. The summed E-state index contributed by atoms with van der Waals surface area (Å²) in [5, 5.41) is 16.2.